The van der Waals surface area contributed by atoms with Crippen LogP contribution in [0.5, 0.6) is 0 Å². The maximum atomic E-state index is 12.6. The first-order valence-electron chi connectivity index (χ1n) is 7.35. The summed E-state index contributed by atoms with van der Waals surface area (Å²) >= 11 is 0. The second-order valence-electron chi connectivity index (χ2n) is 6.96. The van der Waals surface area contributed by atoms with Gasteiger partial charge in [0, 0.05) is 18.5 Å². The van der Waals surface area contributed by atoms with Crippen molar-refractivity contribution in [1.82, 2.24) is 4.90 Å². The van der Waals surface area contributed by atoms with E-state index in [-0.39, 0.29) is 29.2 Å². The van der Waals surface area contributed by atoms with Crippen LogP contribution in [-0.2, 0) is 9.59 Å². The van der Waals surface area contributed by atoms with Crippen LogP contribution in [0.15, 0.2) is 0 Å². The Morgan fingerprint density at radius 2 is 1.95 bits per heavy atom. The third-order valence-electron chi connectivity index (χ3n) is 4.91. The Kier molecular flexibility index (Phi) is 3.88. The molecule has 1 saturated carbocycles. The Bertz CT molecular complexity index is 378. The van der Waals surface area contributed by atoms with Gasteiger partial charge in [-0.05, 0) is 38.0 Å². The molecule has 1 heterocycles. The fourth-order valence-electron chi connectivity index (χ4n) is 3.72. The van der Waals surface area contributed by atoms with Crippen molar-refractivity contribution in [2.45, 2.75) is 58.9 Å². The fourth-order valence-corrected chi connectivity index (χ4v) is 3.72. The van der Waals surface area contributed by atoms with E-state index in [0.29, 0.717) is 13.0 Å². The average Bonchev–Trinajstić information content (AvgIpc) is 2.69. The SMILES string of the molecule is CC1C(C(=O)O)CCN1C(=O)C1CCCC(C)(C)C1. The minimum atomic E-state index is -0.772. The zero-order chi connectivity index (χ0) is 14.2. The number of likely N-dealkylation sites (tertiary alicyclic amines) is 1. The van der Waals surface area contributed by atoms with Crippen LogP contribution < -0.4 is 0 Å². The van der Waals surface area contributed by atoms with Crippen molar-refractivity contribution in [2.75, 3.05) is 6.54 Å². The number of hydrogen-bond acceptors (Lipinski definition) is 2. The monoisotopic (exact) mass is 267 g/mol. The molecule has 0 radical (unpaired) electrons. The zero-order valence-corrected chi connectivity index (χ0v) is 12.2. The second-order valence-corrected chi connectivity index (χ2v) is 6.96. The van der Waals surface area contributed by atoms with Crippen LogP contribution in [0.1, 0.15) is 52.9 Å². The van der Waals surface area contributed by atoms with Gasteiger partial charge in [0.2, 0.25) is 5.91 Å². The van der Waals surface area contributed by atoms with Crippen molar-refractivity contribution in [3.05, 3.63) is 0 Å². The van der Waals surface area contributed by atoms with Gasteiger partial charge in [-0.1, -0.05) is 20.3 Å². The molecule has 0 aromatic heterocycles. The van der Waals surface area contributed by atoms with Crippen LogP contribution >= 0.6 is 0 Å². The van der Waals surface area contributed by atoms with E-state index < -0.39 is 5.97 Å². The third kappa shape index (κ3) is 2.93. The lowest BCUT2D eigenvalue weighted by molar-refractivity contribution is -0.144. The number of nitrogens with zero attached hydrogens (tertiary/aromatic N) is 1. The highest BCUT2D eigenvalue weighted by Gasteiger charge is 2.41. The van der Waals surface area contributed by atoms with Crippen molar-refractivity contribution in [3.63, 3.8) is 0 Å². The summed E-state index contributed by atoms with van der Waals surface area (Å²) in [5.74, 6) is -0.880. The van der Waals surface area contributed by atoms with Crippen molar-refractivity contribution in [2.24, 2.45) is 17.3 Å². The minimum absolute atomic E-state index is 0.0961. The highest BCUT2D eigenvalue weighted by molar-refractivity contribution is 5.81. The Balaban J connectivity index is 2.02. The van der Waals surface area contributed by atoms with Crippen molar-refractivity contribution < 1.29 is 14.7 Å². The predicted molar refractivity (Wildman–Crippen MR) is 72.7 cm³/mol. The molecular formula is C15H25NO3. The van der Waals surface area contributed by atoms with Crippen LogP contribution in [0.4, 0.5) is 0 Å². The fraction of sp³-hybridized carbons (Fsp3) is 0.867. The number of carbonyl (C=O) groups is 2. The number of hydrogen-bond donors (Lipinski definition) is 1. The average molecular weight is 267 g/mol. The van der Waals surface area contributed by atoms with Gasteiger partial charge < -0.3 is 10.0 Å². The molecule has 2 rings (SSSR count). The van der Waals surface area contributed by atoms with Gasteiger partial charge in [-0.2, -0.15) is 0 Å². The largest absolute Gasteiger partial charge is 0.481 e. The molecule has 1 amide bonds. The maximum Gasteiger partial charge on any atom is 0.308 e. The molecule has 2 aliphatic rings. The first-order valence-corrected chi connectivity index (χ1v) is 7.35. The van der Waals surface area contributed by atoms with Gasteiger partial charge >= 0.3 is 5.97 Å². The highest BCUT2D eigenvalue weighted by atomic mass is 16.4. The number of rotatable bonds is 2. The van der Waals surface area contributed by atoms with E-state index >= 15 is 0 Å². The van der Waals surface area contributed by atoms with Crippen LogP contribution in [0.2, 0.25) is 0 Å². The topological polar surface area (TPSA) is 57.6 Å². The first-order chi connectivity index (χ1) is 8.82. The molecule has 1 aliphatic carbocycles. The van der Waals surface area contributed by atoms with E-state index in [1.165, 1.54) is 6.42 Å². The summed E-state index contributed by atoms with van der Waals surface area (Å²) in [6.07, 6.45) is 4.78. The van der Waals surface area contributed by atoms with E-state index in [2.05, 4.69) is 13.8 Å². The Labute approximate surface area is 115 Å². The Hall–Kier alpha value is -1.06. The summed E-state index contributed by atoms with van der Waals surface area (Å²) in [5.41, 5.74) is 0.244. The molecule has 0 aromatic carbocycles. The molecule has 0 aromatic rings. The number of aliphatic carboxylic acids is 1. The van der Waals surface area contributed by atoms with Gasteiger partial charge in [0.15, 0.2) is 0 Å². The summed E-state index contributed by atoms with van der Waals surface area (Å²) in [6, 6.07) is -0.157. The first kappa shape index (κ1) is 14.4. The van der Waals surface area contributed by atoms with Crippen molar-refractivity contribution in [3.8, 4) is 0 Å². The molecule has 3 unspecified atom stereocenters. The van der Waals surface area contributed by atoms with E-state index in [9.17, 15) is 9.59 Å². The molecule has 0 spiro atoms. The van der Waals surface area contributed by atoms with Gasteiger partial charge in [0.05, 0.1) is 5.92 Å². The lowest BCUT2D eigenvalue weighted by Gasteiger charge is -2.37. The zero-order valence-electron chi connectivity index (χ0n) is 12.2. The molecule has 2 fully saturated rings. The van der Waals surface area contributed by atoms with Gasteiger partial charge in [-0.3, -0.25) is 9.59 Å². The van der Waals surface area contributed by atoms with Crippen molar-refractivity contribution in [1.29, 1.82) is 0 Å². The van der Waals surface area contributed by atoms with Crippen molar-refractivity contribution >= 4 is 11.9 Å². The lowest BCUT2D eigenvalue weighted by atomic mass is 9.72. The van der Waals surface area contributed by atoms with Crippen LogP contribution in [-0.4, -0.2) is 34.5 Å². The number of carboxylic acid groups (broad SMARTS) is 1. The second kappa shape index (κ2) is 5.14. The molecule has 1 saturated heterocycles. The van der Waals surface area contributed by atoms with E-state index in [0.717, 1.165) is 19.3 Å². The number of carboxylic acids is 1. The van der Waals surface area contributed by atoms with Gasteiger partial charge in [0.1, 0.15) is 0 Å². The highest BCUT2D eigenvalue weighted by Crippen LogP contribution is 2.40. The number of amides is 1. The molecule has 1 N–H and O–H groups in total. The smallest absolute Gasteiger partial charge is 0.308 e. The molecular weight excluding hydrogens is 242 g/mol. The van der Waals surface area contributed by atoms with Gasteiger partial charge in [-0.25, -0.2) is 0 Å². The molecule has 19 heavy (non-hydrogen) atoms. The minimum Gasteiger partial charge on any atom is -0.481 e. The van der Waals surface area contributed by atoms with E-state index in [1.807, 2.05) is 11.8 Å². The molecule has 0 bridgehead atoms. The summed E-state index contributed by atoms with van der Waals surface area (Å²) < 4.78 is 0. The third-order valence-corrected chi connectivity index (χ3v) is 4.91. The summed E-state index contributed by atoms with van der Waals surface area (Å²) in [5, 5.41) is 9.14. The van der Waals surface area contributed by atoms with Gasteiger partial charge in [0.25, 0.3) is 0 Å². The van der Waals surface area contributed by atoms with Crippen LogP contribution in [0.25, 0.3) is 0 Å². The molecule has 4 nitrogen and oxygen atoms in total. The Morgan fingerprint density at radius 1 is 1.26 bits per heavy atom. The molecule has 4 heteroatoms. The standard InChI is InChI=1S/C15H25NO3/c1-10-12(14(18)19)6-8-16(10)13(17)11-5-4-7-15(2,3)9-11/h10-12H,4-9H2,1-3H3,(H,18,19). The summed E-state index contributed by atoms with van der Waals surface area (Å²) in [6.45, 7) is 6.92. The van der Waals surface area contributed by atoms with Gasteiger partial charge in [-0.15, -0.1) is 0 Å². The summed E-state index contributed by atoms with van der Waals surface area (Å²) in [7, 11) is 0. The quantitative estimate of drug-likeness (QED) is 0.836. The number of carbonyl (C=O) groups excluding carboxylic acids is 1. The summed E-state index contributed by atoms with van der Waals surface area (Å²) in [4.78, 5) is 25.5. The van der Waals surface area contributed by atoms with Crippen LogP contribution in [0, 0.1) is 17.3 Å². The van der Waals surface area contributed by atoms with E-state index in [4.69, 9.17) is 5.11 Å². The van der Waals surface area contributed by atoms with E-state index in [1.54, 1.807) is 0 Å². The normalized spacial score (nSPS) is 34.3. The maximum absolute atomic E-state index is 12.6. The molecule has 1 aliphatic heterocycles. The molecule has 108 valence electrons. The Morgan fingerprint density at radius 3 is 2.47 bits per heavy atom. The molecule has 3 atom stereocenters. The predicted octanol–water partition coefficient (Wildman–Crippen LogP) is 2.52. The lowest BCUT2D eigenvalue weighted by Crippen LogP contribution is -2.43. The van der Waals surface area contributed by atoms with Crippen LogP contribution in [0.3, 0.4) is 0 Å².